The maximum absolute atomic E-state index is 12.9. The number of nitrogens with zero attached hydrogens (tertiary/aromatic N) is 1. The van der Waals surface area contributed by atoms with E-state index in [4.69, 9.17) is 0 Å². The van der Waals surface area contributed by atoms with E-state index in [0.717, 1.165) is 24.3 Å². The summed E-state index contributed by atoms with van der Waals surface area (Å²) in [6.45, 7) is 0. The second-order valence-electron chi connectivity index (χ2n) is 4.17. The molecule has 3 aromatic rings. The van der Waals surface area contributed by atoms with Crippen LogP contribution in [0.1, 0.15) is 0 Å². The average molecular weight is 292 g/mol. The van der Waals surface area contributed by atoms with Crippen molar-refractivity contribution in [3.63, 3.8) is 0 Å². The minimum Gasteiger partial charge on any atom is -0.305 e. The molecule has 1 heterocycles. The maximum atomic E-state index is 12.9. The number of rotatable bonds is 2. The molecular formula is C13H9FN2O3S. The fraction of sp³-hybridized carbons (Fsp3) is 0. The fourth-order valence-corrected chi connectivity index (χ4v) is 3.36. The van der Waals surface area contributed by atoms with Crippen molar-refractivity contribution in [2.24, 2.45) is 0 Å². The van der Waals surface area contributed by atoms with Crippen molar-refractivity contribution >= 4 is 21.1 Å². The zero-order valence-electron chi connectivity index (χ0n) is 10.1. The highest BCUT2D eigenvalue weighted by atomic mass is 32.2. The van der Waals surface area contributed by atoms with Crippen molar-refractivity contribution < 1.29 is 12.8 Å². The highest BCUT2D eigenvalue weighted by Crippen LogP contribution is 2.18. The van der Waals surface area contributed by atoms with E-state index in [1.54, 1.807) is 18.2 Å². The van der Waals surface area contributed by atoms with Gasteiger partial charge in [-0.2, -0.15) is 3.97 Å². The molecule has 5 nitrogen and oxygen atoms in total. The minimum absolute atomic E-state index is 0.147. The Bertz CT molecular complexity index is 940. The van der Waals surface area contributed by atoms with Crippen LogP contribution < -0.4 is 5.69 Å². The van der Waals surface area contributed by atoms with Gasteiger partial charge in [-0.3, -0.25) is 0 Å². The summed E-state index contributed by atoms with van der Waals surface area (Å²) < 4.78 is 38.5. The largest absolute Gasteiger partial charge is 0.340 e. The molecule has 0 saturated heterocycles. The van der Waals surface area contributed by atoms with Gasteiger partial charge < -0.3 is 4.98 Å². The van der Waals surface area contributed by atoms with E-state index >= 15 is 0 Å². The van der Waals surface area contributed by atoms with Crippen LogP contribution in [-0.2, 0) is 10.0 Å². The van der Waals surface area contributed by atoms with Crippen LogP contribution >= 0.6 is 0 Å². The molecule has 0 bridgehead atoms. The lowest BCUT2D eigenvalue weighted by Gasteiger charge is -2.05. The molecule has 0 spiro atoms. The molecule has 3 rings (SSSR count). The predicted molar refractivity (Wildman–Crippen MR) is 71.5 cm³/mol. The summed E-state index contributed by atoms with van der Waals surface area (Å²) in [6.07, 6.45) is 0. The van der Waals surface area contributed by atoms with Gasteiger partial charge in [-0.1, -0.05) is 12.1 Å². The highest BCUT2D eigenvalue weighted by Gasteiger charge is 2.22. The van der Waals surface area contributed by atoms with E-state index in [2.05, 4.69) is 4.98 Å². The van der Waals surface area contributed by atoms with Gasteiger partial charge in [0.1, 0.15) is 5.82 Å². The van der Waals surface area contributed by atoms with Crippen LogP contribution in [-0.4, -0.2) is 17.4 Å². The molecule has 1 aromatic heterocycles. The van der Waals surface area contributed by atoms with Gasteiger partial charge in [0, 0.05) is 0 Å². The summed E-state index contributed by atoms with van der Waals surface area (Å²) in [6, 6.07) is 10.8. The van der Waals surface area contributed by atoms with Crippen LogP contribution in [0.2, 0.25) is 0 Å². The number of hydrogen-bond donors (Lipinski definition) is 1. The van der Waals surface area contributed by atoms with E-state index in [0.29, 0.717) is 9.49 Å². The van der Waals surface area contributed by atoms with Gasteiger partial charge in [0.15, 0.2) is 0 Å². The number of para-hydroxylation sites is 2. The maximum Gasteiger partial charge on any atom is 0.340 e. The molecule has 2 aromatic carbocycles. The van der Waals surface area contributed by atoms with Crippen LogP contribution in [0.15, 0.2) is 58.2 Å². The third-order valence-electron chi connectivity index (χ3n) is 2.90. The lowest BCUT2D eigenvalue weighted by Crippen LogP contribution is -2.25. The van der Waals surface area contributed by atoms with Crippen molar-refractivity contribution in [3.8, 4) is 0 Å². The number of benzene rings is 2. The molecule has 0 saturated carbocycles. The monoisotopic (exact) mass is 292 g/mol. The summed E-state index contributed by atoms with van der Waals surface area (Å²) in [4.78, 5) is 14.2. The van der Waals surface area contributed by atoms with Crippen molar-refractivity contribution in [2.75, 3.05) is 0 Å². The summed E-state index contributed by atoms with van der Waals surface area (Å²) in [5.74, 6) is -0.546. The second kappa shape index (κ2) is 4.31. The third-order valence-corrected chi connectivity index (χ3v) is 4.61. The topological polar surface area (TPSA) is 71.9 Å². The van der Waals surface area contributed by atoms with Crippen molar-refractivity contribution in [3.05, 3.63) is 64.8 Å². The first-order valence-electron chi connectivity index (χ1n) is 5.71. The molecular weight excluding hydrogens is 283 g/mol. The van der Waals surface area contributed by atoms with E-state index in [9.17, 15) is 17.6 Å². The van der Waals surface area contributed by atoms with Gasteiger partial charge >= 0.3 is 5.69 Å². The molecule has 7 heteroatoms. The third kappa shape index (κ3) is 1.83. The van der Waals surface area contributed by atoms with Crippen molar-refractivity contribution in [2.45, 2.75) is 4.90 Å². The number of aromatic amines is 1. The van der Waals surface area contributed by atoms with E-state index in [1.807, 2.05) is 0 Å². The Morgan fingerprint density at radius 1 is 1.00 bits per heavy atom. The zero-order valence-corrected chi connectivity index (χ0v) is 10.9. The van der Waals surface area contributed by atoms with E-state index < -0.39 is 21.5 Å². The number of imidazole rings is 1. The smallest absolute Gasteiger partial charge is 0.305 e. The molecule has 0 amide bonds. The number of hydrogen-bond acceptors (Lipinski definition) is 3. The summed E-state index contributed by atoms with van der Waals surface area (Å²) in [5.41, 5.74) is -0.0828. The van der Waals surface area contributed by atoms with E-state index in [-0.39, 0.29) is 10.4 Å². The molecule has 0 aliphatic rings. The van der Waals surface area contributed by atoms with Crippen LogP contribution in [0.3, 0.4) is 0 Å². The van der Waals surface area contributed by atoms with Crippen LogP contribution in [0.25, 0.3) is 11.0 Å². The van der Waals surface area contributed by atoms with Gasteiger partial charge in [-0.25, -0.2) is 17.6 Å². The van der Waals surface area contributed by atoms with Crippen molar-refractivity contribution in [1.82, 2.24) is 8.96 Å². The molecule has 0 unspecified atom stereocenters. The minimum atomic E-state index is -4.06. The predicted octanol–water partition coefficient (Wildman–Crippen LogP) is 1.71. The Morgan fingerprint density at radius 3 is 2.35 bits per heavy atom. The molecule has 1 N–H and O–H groups in total. The molecule has 102 valence electrons. The Morgan fingerprint density at radius 2 is 1.65 bits per heavy atom. The molecule has 0 atom stereocenters. The molecule has 0 aliphatic heterocycles. The number of H-pyrrole nitrogens is 1. The van der Waals surface area contributed by atoms with Gasteiger partial charge in [0.25, 0.3) is 10.0 Å². The first-order valence-corrected chi connectivity index (χ1v) is 7.15. The number of fused-ring (bicyclic) bond motifs is 1. The van der Waals surface area contributed by atoms with Gasteiger partial charge in [0.05, 0.1) is 15.9 Å². The second-order valence-corrected chi connectivity index (χ2v) is 5.96. The molecule has 0 fully saturated rings. The standard InChI is InChI=1S/C13H9FN2O3S/c14-9-5-7-10(8-6-9)20(18,19)16-12-4-2-1-3-11(12)15-13(16)17/h1-8H,(H,15,17). The molecule has 0 aliphatic carbocycles. The summed E-state index contributed by atoms with van der Waals surface area (Å²) in [5, 5.41) is 0. The summed E-state index contributed by atoms with van der Waals surface area (Å²) >= 11 is 0. The normalized spacial score (nSPS) is 11.8. The fourth-order valence-electron chi connectivity index (χ4n) is 1.98. The molecule has 0 radical (unpaired) electrons. The van der Waals surface area contributed by atoms with Crippen LogP contribution in [0, 0.1) is 5.82 Å². The van der Waals surface area contributed by atoms with Gasteiger partial charge in [-0.05, 0) is 36.4 Å². The Hall–Kier alpha value is -2.41. The number of aromatic nitrogens is 2. The Balaban J connectivity index is 2.32. The number of nitrogens with one attached hydrogen (secondary N) is 1. The van der Waals surface area contributed by atoms with Gasteiger partial charge in [0.2, 0.25) is 0 Å². The van der Waals surface area contributed by atoms with Crippen LogP contribution in [0.4, 0.5) is 4.39 Å². The highest BCUT2D eigenvalue weighted by molar-refractivity contribution is 7.90. The Kier molecular flexibility index (Phi) is 2.72. The van der Waals surface area contributed by atoms with Gasteiger partial charge in [-0.15, -0.1) is 0 Å². The van der Waals surface area contributed by atoms with Crippen molar-refractivity contribution in [1.29, 1.82) is 0 Å². The Labute approximate surface area is 113 Å². The quantitative estimate of drug-likeness (QED) is 0.781. The van der Waals surface area contributed by atoms with E-state index in [1.165, 1.54) is 6.07 Å². The SMILES string of the molecule is O=c1[nH]c2ccccc2n1S(=O)(=O)c1ccc(F)cc1. The summed E-state index contributed by atoms with van der Waals surface area (Å²) in [7, 11) is -4.06. The average Bonchev–Trinajstić information content (AvgIpc) is 2.75. The lowest BCUT2D eigenvalue weighted by atomic mass is 10.3. The molecule has 20 heavy (non-hydrogen) atoms. The first-order chi connectivity index (χ1) is 9.50. The number of halogens is 1. The van der Waals surface area contributed by atoms with Crippen LogP contribution in [0.5, 0.6) is 0 Å². The lowest BCUT2D eigenvalue weighted by molar-refractivity contribution is 0.586. The zero-order chi connectivity index (χ0) is 14.3. The first kappa shape index (κ1) is 12.6.